The molecule has 2 amide bonds. The van der Waals surface area contributed by atoms with E-state index in [0.717, 1.165) is 38.6 Å². The molecule has 0 fully saturated rings. The summed E-state index contributed by atoms with van der Waals surface area (Å²) in [5.41, 5.74) is 3.99. The first-order valence-electron chi connectivity index (χ1n) is 9.59. The Morgan fingerprint density at radius 2 is 1.94 bits per heavy atom. The summed E-state index contributed by atoms with van der Waals surface area (Å²) in [4.78, 5) is 24.9. The Balaban J connectivity index is 1.77. The van der Waals surface area contributed by atoms with Crippen LogP contribution in [0.1, 0.15) is 29.0 Å². The van der Waals surface area contributed by atoms with Crippen LogP contribution in [-0.4, -0.2) is 24.7 Å². The molecule has 160 valence electrons. The average molecular weight is 500 g/mol. The fourth-order valence-electron chi connectivity index (χ4n) is 3.48. The predicted octanol–water partition coefficient (Wildman–Crippen LogP) is 4.79. The van der Waals surface area contributed by atoms with Crippen molar-refractivity contribution in [3.63, 3.8) is 0 Å². The van der Waals surface area contributed by atoms with Crippen LogP contribution in [0.3, 0.4) is 0 Å². The maximum Gasteiger partial charge on any atom is 0.234 e. The van der Waals surface area contributed by atoms with Gasteiger partial charge in [0.1, 0.15) is 5.75 Å². The SMILES string of the molecule is COc1ccc([C@H]2CC(=O)NC(SCC(=O)Nc3c(C)cc(Br)cc3C)=C2C#N)cc1. The maximum absolute atomic E-state index is 12.6. The summed E-state index contributed by atoms with van der Waals surface area (Å²) in [5.74, 6) is 0.0411. The highest BCUT2D eigenvalue weighted by atomic mass is 79.9. The van der Waals surface area contributed by atoms with Gasteiger partial charge in [-0.3, -0.25) is 9.59 Å². The van der Waals surface area contributed by atoms with Crippen LogP contribution in [0.5, 0.6) is 5.75 Å². The largest absolute Gasteiger partial charge is 0.497 e. The number of hydrogen-bond donors (Lipinski definition) is 2. The van der Waals surface area contributed by atoms with Gasteiger partial charge in [-0.05, 0) is 54.8 Å². The van der Waals surface area contributed by atoms with Crippen LogP contribution >= 0.6 is 27.7 Å². The summed E-state index contributed by atoms with van der Waals surface area (Å²) in [6.45, 7) is 3.86. The second-order valence-corrected chi connectivity index (χ2v) is 9.09. The summed E-state index contributed by atoms with van der Waals surface area (Å²) in [5, 5.41) is 15.9. The molecule has 0 aliphatic carbocycles. The molecule has 0 spiro atoms. The molecule has 0 radical (unpaired) electrons. The van der Waals surface area contributed by atoms with E-state index in [-0.39, 0.29) is 29.9 Å². The number of nitriles is 1. The van der Waals surface area contributed by atoms with Crippen molar-refractivity contribution in [3.8, 4) is 11.8 Å². The number of carbonyl (C=O) groups is 2. The number of anilines is 1. The van der Waals surface area contributed by atoms with Gasteiger partial charge in [0, 0.05) is 22.5 Å². The van der Waals surface area contributed by atoms with Gasteiger partial charge in [0.2, 0.25) is 11.8 Å². The molecule has 1 atom stereocenters. The molecule has 3 rings (SSSR count). The van der Waals surface area contributed by atoms with Gasteiger partial charge in [-0.1, -0.05) is 39.8 Å². The highest BCUT2D eigenvalue weighted by Gasteiger charge is 2.30. The van der Waals surface area contributed by atoms with Crippen molar-refractivity contribution in [1.29, 1.82) is 5.26 Å². The van der Waals surface area contributed by atoms with E-state index < -0.39 is 0 Å². The molecule has 2 aromatic carbocycles. The molecular weight excluding hydrogens is 478 g/mol. The summed E-state index contributed by atoms with van der Waals surface area (Å²) < 4.78 is 6.13. The normalized spacial score (nSPS) is 15.8. The second kappa shape index (κ2) is 10.0. The monoisotopic (exact) mass is 499 g/mol. The first kappa shape index (κ1) is 22.9. The van der Waals surface area contributed by atoms with Gasteiger partial charge in [-0.2, -0.15) is 5.26 Å². The molecule has 2 aromatic rings. The van der Waals surface area contributed by atoms with Crippen LogP contribution in [0.2, 0.25) is 0 Å². The Hall–Kier alpha value is -2.76. The lowest BCUT2D eigenvalue weighted by Crippen LogP contribution is -2.31. The van der Waals surface area contributed by atoms with E-state index >= 15 is 0 Å². The number of carbonyl (C=O) groups excluding carboxylic acids is 2. The molecular formula is C23H22BrN3O3S. The number of allylic oxidation sites excluding steroid dienone is 1. The summed E-state index contributed by atoms with van der Waals surface area (Å²) in [6, 6.07) is 13.4. The topological polar surface area (TPSA) is 91.2 Å². The van der Waals surface area contributed by atoms with Gasteiger partial charge in [0.15, 0.2) is 0 Å². The van der Waals surface area contributed by atoms with E-state index in [1.54, 1.807) is 19.2 Å². The molecule has 6 nitrogen and oxygen atoms in total. The average Bonchev–Trinajstić information content (AvgIpc) is 2.74. The van der Waals surface area contributed by atoms with Gasteiger partial charge < -0.3 is 15.4 Å². The van der Waals surface area contributed by atoms with E-state index in [1.807, 2.05) is 38.1 Å². The third-order valence-corrected chi connectivity index (χ3v) is 6.46. The smallest absolute Gasteiger partial charge is 0.234 e. The molecule has 0 aromatic heterocycles. The van der Waals surface area contributed by atoms with Crippen LogP contribution in [0.4, 0.5) is 5.69 Å². The number of halogens is 1. The van der Waals surface area contributed by atoms with Crippen molar-refractivity contribution in [1.82, 2.24) is 5.32 Å². The number of nitrogens with one attached hydrogen (secondary N) is 2. The van der Waals surface area contributed by atoms with Gasteiger partial charge in [0.25, 0.3) is 0 Å². The Kier molecular flexibility index (Phi) is 7.42. The van der Waals surface area contributed by atoms with Crippen molar-refractivity contribution in [2.24, 2.45) is 0 Å². The molecule has 31 heavy (non-hydrogen) atoms. The minimum atomic E-state index is -0.355. The Morgan fingerprint density at radius 3 is 2.52 bits per heavy atom. The zero-order valence-corrected chi connectivity index (χ0v) is 19.8. The number of methoxy groups -OCH3 is 1. The Bertz CT molecular complexity index is 1070. The predicted molar refractivity (Wildman–Crippen MR) is 126 cm³/mol. The Morgan fingerprint density at radius 1 is 1.29 bits per heavy atom. The first-order valence-corrected chi connectivity index (χ1v) is 11.4. The molecule has 0 saturated carbocycles. The van der Waals surface area contributed by atoms with Crippen molar-refractivity contribution >= 4 is 45.2 Å². The highest BCUT2D eigenvalue weighted by molar-refractivity contribution is 9.10. The molecule has 2 N–H and O–H groups in total. The number of ether oxygens (including phenoxy) is 1. The third kappa shape index (κ3) is 5.49. The summed E-state index contributed by atoms with van der Waals surface area (Å²) >= 11 is 4.61. The van der Waals surface area contributed by atoms with Crippen molar-refractivity contribution < 1.29 is 14.3 Å². The molecule has 0 saturated heterocycles. The van der Waals surface area contributed by atoms with Crippen LogP contribution in [-0.2, 0) is 9.59 Å². The number of rotatable bonds is 6. The number of benzene rings is 2. The van der Waals surface area contributed by atoms with Crippen molar-refractivity contribution in [2.75, 3.05) is 18.2 Å². The van der Waals surface area contributed by atoms with Crippen molar-refractivity contribution in [3.05, 3.63) is 68.2 Å². The zero-order chi connectivity index (χ0) is 22.5. The van der Waals surface area contributed by atoms with E-state index in [1.165, 1.54) is 0 Å². The van der Waals surface area contributed by atoms with Gasteiger partial charge in [-0.25, -0.2) is 0 Å². The van der Waals surface area contributed by atoms with Crippen LogP contribution in [0.15, 0.2) is 51.5 Å². The third-order valence-electron chi connectivity index (χ3n) is 4.98. The van der Waals surface area contributed by atoms with Crippen LogP contribution in [0.25, 0.3) is 0 Å². The van der Waals surface area contributed by atoms with Gasteiger partial charge >= 0.3 is 0 Å². The van der Waals surface area contributed by atoms with E-state index in [4.69, 9.17) is 4.74 Å². The second-order valence-electron chi connectivity index (χ2n) is 7.18. The molecule has 0 unspecified atom stereocenters. The lowest BCUT2D eigenvalue weighted by atomic mass is 9.87. The lowest BCUT2D eigenvalue weighted by molar-refractivity contribution is -0.121. The summed E-state index contributed by atoms with van der Waals surface area (Å²) in [6.07, 6.45) is 0.183. The van der Waals surface area contributed by atoms with Crippen molar-refractivity contribution in [2.45, 2.75) is 26.2 Å². The summed E-state index contributed by atoms with van der Waals surface area (Å²) in [7, 11) is 1.58. The number of aryl methyl sites for hydroxylation is 2. The fourth-order valence-corrected chi connectivity index (χ4v) is 5.04. The minimum Gasteiger partial charge on any atom is -0.497 e. The van der Waals surface area contributed by atoms with Crippen LogP contribution in [0, 0.1) is 25.2 Å². The molecule has 1 aliphatic heterocycles. The fraction of sp³-hybridized carbons (Fsp3) is 0.261. The Labute approximate surface area is 194 Å². The first-order chi connectivity index (χ1) is 14.8. The number of thioether (sulfide) groups is 1. The maximum atomic E-state index is 12.6. The molecule has 1 aliphatic rings. The van der Waals surface area contributed by atoms with Gasteiger partial charge in [0.05, 0.1) is 29.5 Å². The number of nitrogens with zero attached hydrogens (tertiary/aromatic N) is 1. The molecule has 0 bridgehead atoms. The molecule has 8 heteroatoms. The van der Waals surface area contributed by atoms with Crippen LogP contribution < -0.4 is 15.4 Å². The molecule has 1 heterocycles. The van der Waals surface area contributed by atoms with E-state index in [0.29, 0.717) is 16.4 Å². The lowest BCUT2D eigenvalue weighted by Gasteiger charge is -2.25. The highest BCUT2D eigenvalue weighted by Crippen LogP contribution is 2.36. The number of hydrogen-bond acceptors (Lipinski definition) is 5. The minimum absolute atomic E-state index is 0.0745. The quantitative estimate of drug-likeness (QED) is 0.596. The standard InChI is InChI=1S/C23H22BrN3O3S/c1-13-8-16(24)9-14(2)22(13)26-21(29)12-31-23-19(11-25)18(10-20(28)27-23)15-4-6-17(30-3)7-5-15/h4-9,18H,10,12H2,1-3H3,(H,26,29)(H,27,28)/t18-/m1/s1. The zero-order valence-electron chi connectivity index (χ0n) is 17.4. The van der Waals surface area contributed by atoms with E-state index in [9.17, 15) is 14.9 Å². The van der Waals surface area contributed by atoms with Gasteiger partial charge in [-0.15, -0.1) is 0 Å². The number of amides is 2. The van der Waals surface area contributed by atoms with E-state index in [2.05, 4.69) is 32.6 Å².